The third-order valence-electron chi connectivity index (χ3n) is 22.2. The molecule has 0 aliphatic carbocycles. The van der Waals surface area contributed by atoms with Crippen LogP contribution in [-0.2, 0) is 5.41 Å². The first-order chi connectivity index (χ1) is 54.0. The molecule has 0 fully saturated rings. The van der Waals surface area contributed by atoms with E-state index < -0.39 is 5.41 Å². The lowest BCUT2D eigenvalue weighted by Crippen LogP contribution is -2.30. The van der Waals surface area contributed by atoms with Gasteiger partial charge in [-0.25, -0.2) is 0 Å². The molecule has 0 unspecified atom stereocenters. The summed E-state index contributed by atoms with van der Waals surface area (Å²) in [5.74, 6) is 0. The lowest BCUT2D eigenvalue weighted by atomic mass is 9.65. The second kappa shape index (κ2) is 26.8. The SMILES string of the molecule is N#Cc1ccc(-n2c3ccccc3c3cc(-c4ccc5c(c4)c4ccccc4n5-c4cccc(-c5ccccc5)c4)ccc32)cc1.c1ccc(-c2cccc(-n3c4ccccc4c4cc(-c5ccc6c(c5)c5ccccc5n6-c5ccc(C(c6ccccc6)(c6ccccc6)c6ccccc6)cc5)ccc43)c2)cc1. The van der Waals surface area contributed by atoms with Crippen LogP contribution in [-0.4, -0.2) is 18.3 Å². The Labute approximate surface area is 631 Å². The molecule has 0 aliphatic heterocycles. The fourth-order valence-electron chi connectivity index (χ4n) is 17.2. The van der Waals surface area contributed by atoms with Crippen molar-refractivity contribution in [3.63, 3.8) is 0 Å². The topological polar surface area (TPSA) is 43.5 Å². The van der Waals surface area contributed by atoms with Crippen LogP contribution in [0.5, 0.6) is 0 Å². The molecule has 4 aromatic heterocycles. The van der Waals surface area contributed by atoms with Crippen LogP contribution in [0, 0.1) is 11.3 Å². The molecule has 0 atom stereocenters. The minimum absolute atomic E-state index is 0.502. The average Bonchev–Trinajstić information content (AvgIpc) is 1.72. The molecule has 21 aromatic rings. The molecule has 21 rings (SSSR count). The van der Waals surface area contributed by atoms with Crippen LogP contribution in [0.2, 0.25) is 0 Å². The second-order valence-electron chi connectivity index (χ2n) is 28.2. The van der Waals surface area contributed by atoms with Crippen molar-refractivity contribution in [1.29, 1.82) is 5.26 Å². The maximum absolute atomic E-state index is 9.32. The molecule has 0 saturated heterocycles. The Morgan fingerprint density at radius 2 is 0.422 bits per heavy atom. The summed E-state index contributed by atoms with van der Waals surface area (Å²) in [5.41, 5.74) is 28.6. The van der Waals surface area contributed by atoms with Crippen molar-refractivity contribution in [3.8, 4) is 73.3 Å². The van der Waals surface area contributed by atoms with Gasteiger partial charge in [-0.15, -0.1) is 0 Å². The number of hydrogen-bond acceptors (Lipinski definition) is 1. The van der Waals surface area contributed by atoms with Crippen molar-refractivity contribution < 1.29 is 0 Å². The van der Waals surface area contributed by atoms with E-state index in [1.807, 2.05) is 24.3 Å². The van der Waals surface area contributed by atoms with Crippen LogP contribution in [0.4, 0.5) is 0 Å². The molecule has 0 N–H and O–H groups in total. The lowest BCUT2D eigenvalue weighted by Gasteiger charge is -2.37. The number of para-hydroxylation sites is 4. The molecule has 0 aliphatic rings. The minimum Gasteiger partial charge on any atom is -0.309 e. The summed E-state index contributed by atoms with van der Waals surface area (Å²) >= 11 is 0. The predicted octanol–water partition coefficient (Wildman–Crippen LogP) is 26.7. The van der Waals surface area contributed by atoms with Gasteiger partial charge in [0.1, 0.15) is 0 Å². The van der Waals surface area contributed by atoms with E-state index in [0.717, 1.165) is 33.8 Å². The molecule has 5 heteroatoms. The van der Waals surface area contributed by atoms with E-state index in [9.17, 15) is 5.26 Å². The van der Waals surface area contributed by atoms with Gasteiger partial charge >= 0.3 is 0 Å². The Balaban J connectivity index is 0.000000150. The van der Waals surface area contributed by atoms with Gasteiger partial charge in [0, 0.05) is 65.8 Å². The predicted molar refractivity (Wildman–Crippen MR) is 455 cm³/mol. The second-order valence-corrected chi connectivity index (χ2v) is 28.2. The van der Waals surface area contributed by atoms with E-state index in [2.05, 4.69) is 419 Å². The summed E-state index contributed by atoms with van der Waals surface area (Å²) in [4.78, 5) is 0. The van der Waals surface area contributed by atoms with Crippen molar-refractivity contribution in [1.82, 2.24) is 18.3 Å². The number of hydrogen-bond donors (Lipinski definition) is 0. The summed E-state index contributed by atoms with van der Waals surface area (Å²) in [6, 6.07) is 153. The van der Waals surface area contributed by atoms with Crippen molar-refractivity contribution in [2.45, 2.75) is 5.41 Å². The van der Waals surface area contributed by atoms with Crippen LogP contribution < -0.4 is 0 Å². The van der Waals surface area contributed by atoms with Crippen molar-refractivity contribution >= 4 is 87.2 Å². The number of benzene rings is 17. The van der Waals surface area contributed by atoms with Crippen LogP contribution in [0.25, 0.3) is 154 Å². The van der Waals surface area contributed by atoms with Gasteiger partial charge in [0.05, 0.1) is 61.2 Å². The van der Waals surface area contributed by atoms with Gasteiger partial charge in [0.25, 0.3) is 0 Å². The fraction of sp³-hybridized carbons (Fsp3) is 0.00962. The van der Waals surface area contributed by atoms with E-state index in [-0.39, 0.29) is 0 Å². The molecule has 0 spiro atoms. The summed E-state index contributed by atoms with van der Waals surface area (Å²) in [6.45, 7) is 0. The van der Waals surface area contributed by atoms with Gasteiger partial charge in [-0.2, -0.15) is 5.26 Å². The number of nitrogens with zero attached hydrogens (tertiary/aromatic N) is 5. The van der Waals surface area contributed by atoms with Crippen molar-refractivity contribution in [2.75, 3.05) is 0 Å². The minimum atomic E-state index is -0.502. The molecule has 0 amide bonds. The summed E-state index contributed by atoms with van der Waals surface area (Å²) < 4.78 is 9.51. The number of nitriles is 1. The fourth-order valence-corrected chi connectivity index (χ4v) is 17.2. The Morgan fingerprint density at radius 1 is 0.174 bits per heavy atom. The van der Waals surface area contributed by atoms with Crippen molar-refractivity contribution in [2.24, 2.45) is 0 Å². The van der Waals surface area contributed by atoms with E-state index in [1.165, 1.54) is 143 Å². The third kappa shape index (κ3) is 10.9. The average molecular weight is 1390 g/mol. The number of fused-ring (bicyclic) bond motifs is 12. The molecule has 0 saturated carbocycles. The third-order valence-corrected chi connectivity index (χ3v) is 22.2. The highest BCUT2D eigenvalue weighted by atomic mass is 15.0. The largest absolute Gasteiger partial charge is 0.309 e. The highest BCUT2D eigenvalue weighted by molar-refractivity contribution is 6.15. The van der Waals surface area contributed by atoms with E-state index in [4.69, 9.17) is 0 Å². The smallest absolute Gasteiger partial charge is 0.0991 e. The molecule has 0 radical (unpaired) electrons. The lowest BCUT2D eigenvalue weighted by molar-refractivity contribution is 0.745. The highest BCUT2D eigenvalue weighted by Gasteiger charge is 2.38. The zero-order chi connectivity index (χ0) is 72.4. The monoisotopic (exact) mass is 1390 g/mol. The first-order valence-corrected chi connectivity index (χ1v) is 37.3. The highest BCUT2D eigenvalue weighted by Crippen LogP contribution is 2.47. The van der Waals surface area contributed by atoms with Crippen LogP contribution in [0.3, 0.4) is 0 Å². The van der Waals surface area contributed by atoms with E-state index in [0.29, 0.717) is 5.56 Å². The van der Waals surface area contributed by atoms with Crippen LogP contribution >= 0.6 is 0 Å². The molecule has 5 nitrogen and oxygen atoms in total. The normalized spacial score (nSPS) is 11.7. The molecular weight excluding hydrogens is 1320 g/mol. The van der Waals surface area contributed by atoms with Crippen molar-refractivity contribution in [3.05, 3.63) is 446 Å². The Hall–Kier alpha value is -14.6. The Bertz CT molecular complexity index is 6960. The summed E-state index contributed by atoms with van der Waals surface area (Å²) in [5, 5.41) is 19.2. The van der Waals surface area contributed by atoms with Gasteiger partial charge in [-0.1, -0.05) is 285 Å². The van der Waals surface area contributed by atoms with Gasteiger partial charge < -0.3 is 18.3 Å². The molecule has 510 valence electrons. The first-order valence-electron chi connectivity index (χ1n) is 37.3. The summed E-state index contributed by atoms with van der Waals surface area (Å²) in [6.07, 6.45) is 0. The van der Waals surface area contributed by atoms with Gasteiger partial charge in [0.2, 0.25) is 0 Å². The van der Waals surface area contributed by atoms with E-state index in [1.54, 1.807) is 0 Å². The first kappa shape index (κ1) is 64.1. The van der Waals surface area contributed by atoms with Crippen LogP contribution in [0.15, 0.2) is 419 Å². The maximum Gasteiger partial charge on any atom is 0.0991 e. The zero-order valence-corrected chi connectivity index (χ0v) is 59.6. The quantitative estimate of drug-likeness (QED) is 0.112. The van der Waals surface area contributed by atoms with Gasteiger partial charge in [-0.05, 0) is 200 Å². The molecule has 4 heterocycles. The van der Waals surface area contributed by atoms with Gasteiger partial charge in [-0.3, -0.25) is 0 Å². The van der Waals surface area contributed by atoms with E-state index >= 15 is 0 Å². The molecule has 0 bridgehead atoms. The standard InChI is InChI=1S/C61H42N2.C43H27N3/c1-5-18-43(19-6-1)44-20-17-27-52(40-44)63-58-31-16-14-29-54(58)56-42-46(33-39-60(56)63)45-32-38-59-55(41-45)53-28-13-15-30-57(53)62(59)51-36-34-50(35-37-51)61(47-21-7-2-8-22-47,48-23-9-3-10-24-48)49-25-11-4-12-26-49;44-28-29-17-21-34(22-18-29)45-40-15-6-4-13-36(40)38-26-32(19-23-42(38)45)33-20-24-43-39(27-33)37-14-5-7-16-41(37)46(43)35-12-8-11-31(25-35)30-9-2-1-3-10-30/h1-42H;1-27H. The Morgan fingerprint density at radius 3 is 0.743 bits per heavy atom. The molecule has 109 heavy (non-hydrogen) atoms. The Kier molecular flexibility index (Phi) is 15.8. The zero-order valence-electron chi connectivity index (χ0n) is 59.6. The molecular formula is C104H69N5. The number of aromatic nitrogens is 4. The maximum atomic E-state index is 9.32. The molecule has 17 aromatic carbocycles. The van der Waals surface area contributed by atoms with Gasteiger partial charge in [0.15, 0.2) is 0 Å². The van der Waals surface area contributed by atoms with Crippen LogP contribution in [0.1, 0.15) is 27.8 Å². The summed E-state index contributed by atoms with van der Waals surface area (Å²) in [7, 11) is 0. The number of rotatable bonds is 12.